The third-order valence-electron chi connectivity index (χ3n) is 3.23. The molecule has 0 fully saturated rings. The zero-order valence-electron chi connectivity index (χ0n) is 13.1. The number of nitrogens with one attached hydrogen (secondary N) is 1. The molecule has 0 aromatic carbocycles. The van der Waals surface area contributed by atoms with Crippen LogP contribution < -0.4 is 5.32 Å². The van der Waals surface area contributed by atoms with Crippen LogP contribution in [0.5, 0.6) is 0 Å². The molecule has 1 unspecified atom stereocenters. The lowest BCUT2D eigenvalue weighted by atomic mass is 10.0. The van der Waals surface area contributed by atoms with E-state index in [0.717, 1.165) is 19.4 Å². The van der Waals surface area contributed by atoms with Crippen LogP contribution in [0.15, 0.2) is 0 Å². The van der Waals surface area contributed by atoms with E-state index in [9.17, 15) is 8.42 Å². The first-order chi connectivity index (χ1) is 7.89. The average molecular weight is 277 g/mol. The smallest absolute Gasteiger partial charge is 0.155 e. The fourth-order valence-electron chi connectivity index (χ4n) is 1.53. The van der Waals surface area contributed by atoms with Crippen molar-refractivity contribution in [2.24, 2.45) is 5.92 Å². The number of hydrogen-bond donors (Lipinski definition) is 1. The van der Waals surface area contributed by atoms with Crippen molar-refractivity contribution in [1.29, 1.82) is 0 Å². The SMILES string of the molecule is CCC(CCS(=O)(=O)C(C)(C)C)CNC(C)(C)C. The minimum absolute atomic E-state index is 0.0936. The van der Waals surface area contributed by atoms with Gasteiger partial charge in [-0.1, -0.05) is 13.3 Å². The molecule has 1 N–H and O–H groups in total. The Morgan fingerprint density at radius 1 is 1.06 bits per heavy atom. The van der Waals surface area contributed by atoms with Crippen molar-refractivity contribution in [3.05, 3.63) is 0 Å². The van der Waals surface area contributed by atoms with Crippen molar-refractivity contribution >= 4 is 9.84 Å². The second-order valence-corrected chi connectivity index (χ2v) is 9.99. The lowest BCUT2D eigenvalue weighted by molar-refractivity contribution is 0.358. The highest BCUT2D eigenvalue weighted by atomic mass is 32.2. The molecule has 0 radical (unpaired) electrons. The Hall–Kier alpha value is -0.0900. The normalized spacial score (nSPS) is 15.7. The first kappa shape index (κ1) is 17.9. The topological polar surface area (TPSA) is 46.2 Å². The van der Waals surface area contributed by atoms with E-state index in [0.29, 0.717) is 11.7 Å². The fraction of sp³-hybridized carbons (Fsp3) is 1.00. The molecule has 0 aliphatic heterocycles. The molecule has 0 amide bonds. The third kappa shape index (κ3) is 6.74. The Labute approximate surface area is 114 Å². The molecule has 0 saturated heterocycles. The van der Waals surface area contributed by atoms with Crippen molar-refractivity contribution in [3.8, 4) is 0 Å². The van der Waals surface area contributed by atoms with Crippen LogP contribution in [-0.2, 0) is 9.84 Å². The minimum atomic E-state index is -2.98. The maximum atomic E-state index is 12.1. The fourth-order valence-corrected chi connectivity index (χ4v) is 2.79. The summed E-state index contributed by atoms with van der Waals surface area (Å²) in [6.07, 6.45) is 1.77. The Morgan fingerprint density at radius 3 is 1.89 bits per heavy atom. The summed E-state index contributed by atoms with van der Waals surface area (Å²) in [4.78, 5) is 0. The molecule has 3 nitrogen and oxygen atoms in total. The second kappa shape index (κ2) is 6.38. The first-order valence-corrected chi connectivity index (χ1v) is 8.51. The van der Waals surface area contributed by atoms with Gasteiger partial charge < -0.3 is 5.32 Å². The largest absolute Gasteiger partial charge is 0.312 e. The molecule has 0 saturated carbocycles. The van der Waals surface area contributed by atoms with Gasteiger partial charge in [-0.25, -0.2) is 8.42 Å². The van der Waals surface area contributed by atoms with Gasteiger partial charge in [0.2, 0.25) is 0 Å². The number of sulfone groups is 1. The monoisotopic (exact) mass is 277 g/mol. The van der Waals surface area contributed by atoms with Gasteiger partial charge >= 0.3 is 0 Å². The molecule has 0 aromatic heterocycles. The van der Waals surface area contributed by atoms with Gasteiger partial charge in [-0.15, -0.1) is 0 Å². The van der Waals surface area contributed by atoms with E-state index in [1.807, 2.05) is 0 Å². The van der Waals surface area contributed by atoms with Gasteiger partial charge in [0.15, 0.2) is 9.84 Å². The molecule has 1 atom stereocenters. The Balaban J connectivity index is 4.33. The van der Waals surface area contributed by atoms with Crippen LogP contribution in [0.1, 0.15) is 61.3 Å². The standard InChI is InChI=1S/C14H31NO2S/c1-8-12(11-15-13(2,3)4)9-10-18(16,17)14(5,6)7/h12,15H,8-11H2,1-7H3. The van der Waals surface area contributed by atoms with Gasteiger partial charge in [0, 0.05) is 5.54 Å². The van der Waals surface area contributed by atoms with Crippen molar-refractivity contribution in [2.45, 2.75) is 71.6 Å². The quantitative estimate of drug-likeness (QED) is 0.812. The highest BCUT2D eigenvalue weighted by Crippen LogP contribution is 2.19. The van der Waals surface area contributed by atoms with Gasteiger partial charge in [-0.05, 0) is 60.4 Å². The van der Waals surface area contributed by atoms with Crippen LogP contribution in [-0.4, -0.2) is 31.0 Å². The average Bonchev–Trinajstić information content (AvgIpc) is 2.14. The summed E-state index contributed by atoms with van der Waals surface area (Å²) in [6.45, 7) is 14.7. The van der Waals surface area contributed by atoms with Crippen molar-refractivity contribution in [3.63, 3.8) is 0 Å². The maximum absolute atomic E-state index is 12.1. The van der Waals surface area contributed by atoms with Crippen LogP contribution in [0, 0.1) is 5.92 Å². The van der Waals surface area contributed by atoms with Crippen LogP contribution in [0.3, 0.4) is 0 Å². The highest BCUT2D eigenvalue weighted by Gasteiger charge is 2.29. The summed E-state index contributed by atoms with van der Waals surface area (Å²) >= 11 is 0. The molecule has 0 aliphatic rings. The van der Waals surface area contributed by atoms with Crippen LogP contribution in [0.2, 0.25) is 0 Å². The van der Waals surface area contributed by atoms with Gasteiger partial charge in [0.25, 0.3) is 0 Å². The number of hydrogen-bond acceptors (Lipinski definition) is 3. The molecule has 0 heterocycles. The Morgan fingerprint density at radius 2 is 1.56 bits per heavy atom. The molecule has 0 aromatic rings. The van der Waals surface area contributed by atoms with E-state index in [2.05, 4.69) is 33.0 Å². The van der Waals surface area contributed by atoms with Crippen LogP contribution in [0.25, 0.3) is 0 Å². The molecular formula is C14H31NO2S. The molecule has 110 valence electrons. The summed E-state index contributed by atoms with van der Waals surface area (Å²) in [7, 11) is -2.98. The summed E-state index contributed by atoms with van der Waals surface area (Å²) in [5.41, 5.74) is 0.0936. The molecule has 0 spiro atoms. The summed E-state index contributed by atoms with van der Waals surface area (Å²) in [6, 6.07) is 0. The molecule has 18 heavy (non-hydrogen) atoms. The van der Waals surface area contributed by atoms with E-state index in [1.165, 1.54) is 0 Å². The first-order valence-electron chi connectivity index (χ1n) is 6.86. The van der Waals surface area contributed by atoms with Gasteiger partial charge in [0.05, 0.1) is 10.5 Å². The molecular weight excluding hydrogens is 246 g/mol. The predicted octanol–water partition coefficient (Wildman–Crippen LogP) is 3.00. The van der Waals surface area contributed by atoms with Gasteiger partial charge in [-0.3, -0.25) is 0 Å². The summed E-state index contributed by atoms with van der Waals surface area (Å²) in [5, 5.41) is 3.45. The van der Waals surface area contributed by atoms with Gasteiger partial charge in [-0.2, -0.15) is 0 Å². The van der Waals surface area contributed by atoms with Crippen molar-refractivity contribution in [2.75, 3.05) is 12.3 Å². The Kier molecular flexibility index (Phi) is 6.34. The molecule has 0 rings (SSSR count). The van der Waals surface area contributed by atoms with E-state index in [-0.39, 0.29) is 5.54 Å². The predicted molar refractivity (Wildman–Crippen MR) is 79.7 cm³/mol. The molecule has 4 heteroatoms. The summed E-state index contributed by atoms with van der Waals surface area (Å²) < 4.78 is 23.5. The van der Waals surface area contributed by atoms with E-state index in [4.69, 9.17) is 0 Å². The maximum Gasteiger partial charge on any atom is 0.155 e. The van der Waals surface area contributed by atoms with Gasteiger partial charge in [0.1, 0.15) is 0 Å². The van der Waals surface area contributed by atoms with Crippen molar-refractivity contribution < 1.29 is 8.42 Å². The molecule has 0 aliphatic carbocycles. The van der Waals surface area contributed by atoms with E-state index >= 15 is 0 Å². The van der Waals surface area contributed by atoms with Crippen molar-refractivity contribution in [1.82, 2.24) is 5.32 Å². The van der Waals surface area contributed by atoms with Crippen LogP contribution in [0.4, 0.5) is 0 Å². The zero-order valence-corrected chi connectivity index (χ0v) is 13.9. The van der Waals surface area contributed by atoms with E-state index < -0.39 is 14.6 Å². The second-order valence-electron chi connectivity index (χ2n) is 7.13. The summed E-state index contributed by atoms with van der Waals surface area (Å²) in [5.74, 6) is 0.724. The Bertz CT molecular complexity index is 334. The lowest BCUT2D eigenvalue weighted by Crippen LogP contribution is -2.40. The lowest BCUT2D eigenvalue weighted by Gasteiger charge is -2.26. The van der Waals surface area contributed by atoms with E-state index in [1.54, 1.807) is 20.8 Å². The number of rotatable bonds is 6. The highest BCUT2D eigenvalue weighted by molar-refractivity contribution is 7.92. The zero-order chi connectivity index (χ0) is 14.6. The minimum Gasteiger partial charge on any atom is -0.312 e. The van der Waals surface area contributed by atoms with Crippen LogP contribution >= 0.6 is 0 Å². The third-order valence-corrected chi connectivity index (χ3v) is 5.87. The molecule has 0 bridgehead atoms.